The number of carbonyl (C=O) groups excluding carboxylic acids is 1. The van der Waals surface area contributed by atoms with Gasteiger partial charge in [0.15, 0.2) is 4.47 Å². The van der Waals surface area contributed by atoms with Crippen LogP contribution in [-0.2, 0) is 0 Å². The van der Waals surface area contributed by atoms with E-state index in [2.05, 4.69) is 15.3 Å². The van der Waals surface area contributed by atoms with Crippen LogP contribution < -0.4 is 5.32 Å². The number of thiazole rings is 1. The number of nitrogens with one attached hydrogen (secondary N) is 1. The predicted molar refractivity (Wildman–Crippen MR) is 56.3 cm³/mol. The number of aromatic nitrogens is 2. The van der Waals surface area contributed by atoms with Crippen molar-refractivity contribution in [2.24, 2.45) is 0 Å². The van der Waals surface area contributed by atoms with E-state index in [-0.39, 0.29) is 17.6 Å². The number of nitrogens with zero attached hydrogens (tertiary/aromatic N) is 2. The Balaban J connectivity index is 2.10. The lowest BCUT2D eigenvalue weighted by molar-refractivity contribution is 0.102. The Morgan fingerprint density at radius 2 is 2.40 bits per heavy atom. The van der Waals surface area contributed by atoms with E-state index in [1.165, 1.54) is 17.6 Å². The summed E-state index contributed by atoms with van der Waals surface area (Å²) in [6.07, 6.45) is 1.45. The lowest BCUT2D eigenvalue weighted by Crippen LogP contribution is -2.12. The van der Waals surface area contributed by atoms with Crippen molar-refractivity contribution >= 4 is 34.9 Å². The van der Waals surface area contributed by atoms with Crippen LogP contribution in [0.4, 0.5) is 6.01 Å². The monoisotopic (exact) mass is 243 g/mol. The summed E-state index contributed by atoms with van der Waals surface area (Å²) in [5, 5.41) is 4.02. The fraction of sp³-hybridized carbons (Fsp3) is 0.125. The van der Waals surface area contributed by atoms with Crippen LogP contribution in [0.1, 0.15) is 16.2 Å². The fourth-order valence-electron chi connectivity index (χ4n) is 0.929. The van der Waals surface area contributed by atoms with E-state index in [1.54, 1.807) is 12.3 Å². The van der Waals surface area contributed by atoms with Gasteiger partial charge in [0.2, 0.25) is 0 Å². The molecule has 0 unspecified atom stereocenters. The number of amides is 1. The Hall–Kier alpha value is -1.40. The SMILES string of the molecule is Cc1coc(NC(=O)c2csc(Cl)n2)n1. The van der Waals surface area contributed by atoms with Crippen molar-refractivity contribution in [2.75, 3.05) is 5.32 Å². The predicted octanol–water partition coefficient (Wildman–Crippen LogP) is 2.35. The molecule has 78 valence electrons. The van der Waals surface area contributed by atoms with E-state index in [0.717, 1.165) is 0 Å². The molecule has 0 fully saturated rings. The first-order chi connectivity index (χ1) is 7.15. The number of hydrogen-bond acceptors (Lipinski definition) is 5. The summed E-state index contributed by atoms with van der Waals surface area (Å²) in [6, 6.07) is 0.154. The average Bonchev–Trinajstić information content (AvgIpc) is 2.75. The minimum Gasteiger partial charge on any atom is -0.432 e. The summed E-state index contributed by atoms with van der Waals surface area (Å²) < 4.78 is 5.29. The average molecular weight is 244 g/mol. The molecular formula is C8H6ClN3O2S. The highest BCUT2D eigenvalue weighted by Gasteiger charge is 2.12. The van der Waals surface area contributed by atoms with Gasteiger partial charge in [-0.2, -0.15) is 4.98 Å². The molecule has 0 saturated heterocycles. The van der Waals surface area contributed by atoms with E-state index in [1.807, 2.05) is 0 Å². The number of aryl methyl sites for hydroxylation is 1. The van der Waals surface area contributed by atoms with E-state index >= 15 is 0 Å². The van der Waals surface area contributed by atoms with E-state index in [0.29, 0.717) is 10.2 Å². The van der Waals surface area contributed by atoms with Crippen LogP contribution in [0.15, 0.2) is 16.1 Å². The van der Waals surface area contributed by atoms with Crippen LogP contribution in [-0.4, -0.2) is 15.9 Å². The number of rotatable bonds is 2. The van der Waals surface area contributed by atoms with E-state index < -0.39 is 0 Å². The third-order valence-electron chi connectivity index (χ3n) is 1.55. The van der Waals surface area contributed by atoms with Crippen LogP contribution in [0.3, 0.4) is 0 Å². The fourth-order valence-corrected chi connectivity index (χ4v) is 1.67. The second-order valence-electron chi connectivity index (χ2n) is 2.73. The van der Waals surface area contributed by atoms with Gasteiger partial charge in [-0.1, -0.05) is 11.6 Å². The number of anilines is 1. The first-order valence-corrected chi connectivity index (χ1v) is 5.25. The summed E-state index contributed by atoms with van der Waals surface area (Å²) in [5.74, 6) is -0.389. The molecule has 2 aromatic rings. The summed E-state index contributed by atoms with van der Waals surface area (Å²) >= 11 is 6.79. The second kappa shape index (κ2) is 4.00. The zero-order valence-electron chi connectivity index (χ0n) is 7.65. The van der Waals surface area contributed by atoms with Gasteiger partial charge in [0.25, 0.3) is 5.91 Å². The quantitative estimate of drug-likeness (QED) is 0.879. The molecule has 1 amide bonds. The molecule has 7 heteroatoms. The molecule has 2 rings (SSSR count). The molecule has 2 heterocycles. The van der Waals surface area contributed by atoms with Crippen molar-refractivity contribution in [2.45, 2.75) is 6.92 Å². The molecule has 0 aliphatic rings. The van der Waals surface area contributed by atoms with Crippen molar-refractivity contribution in [1.82, 2.24) is 9.97 Å². The molecule has 2 aromatic heterocycles. The lowest BCUT2D eigenvalue weighted by atomic mass is 10.5. The van der Waals surface area contributed by atoms with Crippen LogP contribution >= 0.6 is 22.9 Å². The van der Waals surface area contributed by atoms with Crippen LogP contribution in [0.2, 0.25) is 4.47 Å². The second-order valence-corrected chi connectivity index (χ2v) is 4.17. The summed E-state index contributed by atoms with van der Waals surface area (Å²) in [5.41, 5.74) is 0.947. The van der Waals surface area contributed by atoms with Gasteiger partial charge in [-0.05, 0) is 6.92 Å². The summed E-state index contributed by atoms with van der Waals surface area (Å²) in [4.78, 5) is 19.3. The number of halogens is 1. The minimum absolute atomic E-state index is 0.154. The molecule has 0 spiro atoms. The zero-order valence-corrected chi connectivity index (χ0v) is 9.22. The van der Waals surface area contributed by atoms with Gasteiger partial charge in [0, 0.05) is 5.38 Å². The maximum atomic E-state index is 11.5. The Labute approximate surface area is 94.1 Å². The summed E-state index contributed by atoms with van der Waals surface area (Å²) in [6.45, 7) is 1.76. The highest BCUT2D eigenvalue weighted by atomic mass is 35.5. The standard InChI is InChI=1S/C8H6ClN3O2S/c1-4-2-14-8(10-4)12-6(13)5-3-15-7(9)11-5/h2-3H,1H3,(H,10,12,13). The normalized spacial score (nSPS) is 10.3. The molecular weight excluding hydrogens is 238 g/mol. The summed E-state index contributed by atoms with van der Waals surface area (Å²) in [7, 11) is 0. The highest BCUT2D eigenvalue weighted by molar-refractivity contribution is 7.14. The first kappa shape index (κ1) is 10.1. The van der Waals surface area contributed by atoms with Gasteiger partial charge in [-0.3, -0.25) is 10.1 Å². The smallest absolute Gasteiger partial charge is 0.301 e. The van der Waals surface area contributed by atoms with Gasteiger partial charge in [0.05, 0.1) is 5.69 Å². The van der Waals surface area contributed by atoms with Crippen molar-refractivity contribution < 1.29 is 9.21 Å². The third kappa shape index (κ3) is 2.34. The number of hydrogen-bond donors (Lipinski definition) is 1. The van der Waals surface area contributed by atoms with Crippen LogP contribution in [0.5, 0.6) is 0 Å². The molecule has 0 aromatic carbocycles. The van der Waals surface area contributed by atoms with Crippen molar-refractivity contribution in [3.63, 3.8) is 0 Å². The first-order valence-electron chi connectivity index (χ1n) is 3.99. The van der Waals surface area contributed by atoms with E-state index in [9.17, 15) is 4.79 Å². The van der Waals surface area contributed by atoms with Crippen LogP contribution in [0.25, 0.3) is 0 Å². The Morgan fingerprint density at radius 1 is 1.60 bits per heavy atom. The molecule has 15 heavy (non-hydrogen) atoms. The molecule has 0 saturated carbocycles. The van der Waals surface area contributed by atoms with Crippen molar-refractivity contribution in [1.29, 1.82) is 0 Å². The molecule has 0 radical (unpaired) electrons. The highest BCUT2D eigenvalue weighted by Crippen LogP contribution is 2.16. The topological polar surface area (TPSA) is 68.0 Å². The zero-order chi connectivity index (χ0) is 10.8. The van der Waals surface area contributed by atoms with E-state index in [4.69, 9.17) is 16.0 Å². The minimum atomic E-state index is -0.389. The van der Waals surface area contributed by atoms with Crippen LogP contribution in [0, 0.1) is 6.92 Å². The largest absolute Gasteiger partial charge is 0.432 e. The van der Waals surface area contributed by atoms with Gasteiger partial charge >= 0.3 is 6.01 Å². The molecule has 1 N–H and O–H groups in total. The Kier molecular flexibility index (Phi) is 2.70. The molecule has 0 atom stereocenters. The Bertz CT molecular complexity index is 494. The Morgan fingerprint density at radius 3 is 2.93 bits per heavy atom. The molecule has 0 aliphatic heterocycles. The van der Waals surface area contributed by atoms with Gasteiger partial charge in [-0.25, -0.2) is 4.98 Å². The van der Waals surface area contributed by atoms with Gasteiger partial charge < -0.3 is 4.42 Å². The van der Waals surface area contributed by atoms with Gasteiger partial charge in [0.1, 0.15) is 12.0 Å². The third-order valence-corrected chi connectivity index (χ3v) is 2.53. The van der Waals surface area contributed by atoms with Gasteiger partial charge in [-0.15, -0.1) is 11.3 Å². The molecule has 5 nitrogen and oxygen atoms in total. The molecule has 0 aliphatic carbocycles. The number of oxazole rings is 1. The molecule has 0 bridgehead atoms. The van der Waals surface area contributed by atoms with Crippen molar-refractivity contribution in [3.8, 4) is 0 Å². The number of carbonyl (C=O) groups is 1. The lowest BCUT2D eigenvalue weighted by Gasteiger charge is -1.95. The maximum Gasteiger partial charge on any atom is 0.301 e. The van der Waals surface area contributed by atoms with Crippen molar-refractivity contribution in [3.05, 3.63) is 27.5 Å². The maximum absolute atomic E-state index is 11.5.